The van der Waals surface area contributed by atoms with E-state index in [1.165, 1.54) is 69.9 Å². The number of ether oxygens (including phenoxy) is 2. The molecule has 1 aliphatic rings. The Balaban J connectivity index is 2.05. The van der Waals surface area contributed by atoms with Gasteiger partial charge in [0, 0.05) is 12.2 Å². The summed E-state index contributed by atoms with van der Waals surface area (Å²) in [5.74, 6) is -5.19. The van der Waals surface area contributed by atoms with Gasteiger partial charge in [0.1, 0.15) is 11.7 Å². The van der Waals surface area contributed by atoms with Gasteiger partial charge in [-0.2, -0.15) is 0 Å². The summed E-state index contributed by atoms with van der Waals surface area (Å²) >= 11 is 0. The van der Waals surface area contributed by atoms with Gasteiger partial charge in [-0.05, 0) is 25.0 Å². The molecular formula is C33H50F2O4. The number of hydrogen-bond donors (Lipinski definition) is 1. The molecule has 1 aliphatic carbocycles. The Morgan fingerprint density at radius 3 is 1.87 bits per heavy atom. The highest BCUT2D eigenvalue weighted by Gasteiger charge is 2.46. The standard InChI is InChI=1S/C33H50F2O4/c1-3-5-7-9-11-13-15-19-25-38-29-22-18-17-21-28(29)33(24-23-27(32(36)37)30(34)31(33)35)39-26-20-16-14-12-10-8-6-4-2/h17-18,21-24,27H,3-16,19-20,25-26H2,1-2H3,(H,36,37). The van der Waals surface area contributed by atoms with Crippen LogP contribution in [-0.2, 0) is 15.1 Å². The molecule has 1 N–H and O–H groups in total. The number of hydrogen-bond acceptors (Lipinski definition) is 3. The van der Waals surface area contributed by atoms with E-state index in [2.05, 4.69) is 13.8 Å². The summed E-state index contributed by atoms with van der Waals surface area (Å²) in [6.45, 7) is 5.10. The van der Waals surface area contributed by atoms with Crippen LogP contribution in [0.2, 0.25) is 0 Å². The third-order valence-electron chi connectivity index (χ3n) is 7.47. The zero-order valence-electron chi connectivity index (χ0n) is 24.2. The van der Waals surface area contributed by atoms with Crippen LogP contribution in [0.4, 0.5) is 8.78 Å². The average Bonchev–Trinajstić information content (AvgIpc) is 2.93. The number of carboxylic acid groups (broad SMARTS) is 1. The van der Waals surface area contributed by atoms with E-state index in [4.69, 9.17) is 9.47 Å². The van der Waals surface area contributed by atoms with Crippen molar-refractivity contribution in [1.29, 1.82) is 0 Å². The average molecular weight is 549 g/mol. The van der Waals surface area contributed by atoms with Crippen molar-refractivity contribution < 1.29 is 28.2 Å². The van der Waals surface area contributed by atoms with Gasteiger partial charge in [-0.3, -0.25) is 4.79 Å². The molecule has 0 spiro atoms. The van der Waals surface area contributed by atoms with Gasteiger partial charge in [0.15, 0.2) is 17.3 Å². The van der Waals surface area contributed by atoms with Crippen LogP contribution in [0.25, 0.3) is 0 Å². The Bertz CT molecular complexity index is 897. The van der Waals surface area contributed by atoms with Crippen LogP contribution in [0.5, 0.6) is 5.75 Å². The van der Waals surface area contributed by atoms with Gasteiger partial charge in [-0.25, -0.2) is 8.78 Å². The number of benzene rings is 1. The maximum absolute atomic E-state index is 15.7. The van der Waals surface area contributed by atoms with Crippen molar-refractivity contribution in [1.82, 2.24) is 0 Å². The predicted molar refractivity (Wildman–Crippen MR) is 154 cm³/mol. The third-order valence-corrected chi connectivity index (χ3v) is 7.47. The fourth-order valence-corrected chi connectivity index (χ4v) is 5.08. The van der Waals surface area contributed by atoms with Gasteiger partial charge >= 0.3 is 5.97 Å². The monoisotopic (exact) mass is 548 g/mol. The second-order valence-corrected chi connectivity index (χ2v) is 10.7. The van der Waals surface area contributed by atoms with Crippen LogP contribution in [0.15, 0.2) is 48.1 Å². The molecule has 0 aliphatic heterocycles. The summed E-state index contributed by atoms with van der Waals surface area (Å²) in [6.07, 6.45) is 20.7. The molecule has 0 saturated carbocycles. The Morgan fingerprint density at radius 1 is 0.795 bits per heavy atom. The molecule has 4 nitrogen and oxygen atoms in total. The van der Waals surface area contributed by atoms with E-state index in [0.717, 1.165) is 38.5 Å². The van der Waals surface area contributed by atoms with Crippen LogP contribution in [0.3, 0.4) is 0 Å². The first-order valence-corrected chi connectivity index (χ1v) is 15.3. The molecule has 2 unspecified atom stereocenters. The van der Waals surface area contributed by atoms with Crippen molar-refractivity contribution in [3.05, 3.63) is 53.6 Å². The maximum atomic E-state index is 15.7. The van der Waals surface area contributed by atoms with Gasteiger partial charge in [0.05, 0.1) is 6.61 Å². The molecule has 6 heteroatoms. The van der Waals surface area contributed by atoms with Crippen molar-refractivity contribution in [2.45, 2.75) is 122 Å². The molecule has 1 aromatic carbocycles. The smallest absolute Gasteiger partial charge is 0.317 e. The molecule has 0 bridgehead atoms. The molecule has 1 aromatic rings. The molecule has 0 heterocycles. The number of carboxylic acids is 1. The van der Waals surface area contributed by atoms with E-state index in [0.29, 0.717) is 24.3 Å². The maximum Gasteiger partial charge on any atom is 0.317 e. The number of halogens is 2. The van der Waals surface area contributed by atoms with Crippen molar-refractivity contribution in [3.8, 4) is 5.75 Å². The first kappa shape index (κ1) is 33.0. The first-order valence-electron chi connectivity index (χ1n) is 15.3. The Labute approximate surface area is 234 Å². The van der Waals surface area contributed by atoms with Crippen LogP contribution in [-0.4, -0.2) is 24.3 Å². The van der Waals surface area contributed by atoms with Gasteiger partial charge in [-0.1, -0.05) is 128 Å². The van der Waals surface area contributed by atoms with Crippen LogP contribution in [0, 0.1) is 5.92 Å². The van der Waals surface area contributed by atoms with Crippen molar-refractivity contribution in [2.75, 3.05) is 13.2 Å². The van der Waals surface area contributed by atoms with E-state index < -0.39 is 29.1 Å². The second-order valence-electron chi connectivity index (χ2n) is 10.7. The Kier molecular flexibility index (Phi) is 16.0. The number of carbonyl (C=O) groups is 1. The molecule has 0 saturated heterocycles. The Morgan fingerprint density at radius 2 is 1.31 bits per heavy atom. The molecule has 39 heavy (non-hydrogen) atoms. The van der Waals surface area contributed by atoms with Crippen molar-refractivity contribution in [2.24, 2.45) is 5.92 Å². The molecule has 2 atom stereocenters. The zero-order chi connectivity index (χ0) is 28.3. The van der Waals surface area contributed by atoms with Gasteiger partial charge in [0.2, 0.25) is 0 Å². The summed E-state index contributed by atoms with van der Waals surface area (Å²) in [4.78, 5) is 11.5. The first-order chi connectivity index (χ1) is 19.0. The van der Waals surface area contributed by atoms with E-state index >= 15 is 8.78 Å². The zero-order valence-corrected chi connectivity index (χ0v) is 24.2. The lowest BCUT2D eigenvalue weighted by atomic mass is 9.83. The highest BCUT2D eigenvalue weighted by molar-refractivity contribution is 5.76. The summed E-state index contributed by atoms with van der Waals surface area (Å²) < 4.78 is 43.0. The van der Waals surface area contributed by atoms with E-state index in [1.54, 1.807) is 24.3 Å². The quantitative estimate of drug-likeness (QED) is 0.116. The Hall–Kier alpha value is -2.21. The fraction of sp³-hybridized carbons (Fsp3) is 0.667. The lowest BCUT2D eigenvalue weighted by molar-refractivity contribution is -0.139. The minimum absolute atomic E-state index is 0.226. The van der Waals surface area contributed by atoms with Gasteiger partial charge in [-0.15, -0.1) is 0 Å². The molecule has 0 aromatic heterocycles. The van der Waals surface area contributed by atoms with E-state index in [9.17, 15) is 9.90 Å². The largest absolute Gasteiger partial charge is 0.493 e. The SMILES string of the molecule is CCCCCCCCCCOc1ccccc1C1(OCCCCCCCCCC)C=CC(C(=O)O)C(F)=C1F. The number of unbranched alkanes of at least 4 members (excludes halogenated alkanes) is 14. The predicted octanol–water partition coefficient (Wildman–Crippen LogP) is 9.98. The fourth-order valence-electron chi connectivity index (χ4n) is 5.08. The van der Waals surface area contributed by atoms with E-state index in [1.807, 2.05) is 0 Å². The minimum Gasteiger partial charge on any atom is -0.493 e. The number of rotatable bonds is 22. The molecule has 0 radical (unpaired) electrons. The molecule has 0 fully saturated rings. The van der Waals surface area contributed by atoms with Crippen LogP contribution in [0.1, 0.15) is 122 Å². The molecule has 0 amide bonds. The topological polar surface area (TPSA) is 55.8 Å². The summed E-state index contributed by atoms with van der Waals surface area (Å²) in [5, 5.41) is 9.36. The highest BCUT2D eigenvalue weighted by atomic mass is 19.2. The normalized spacial score (nSPS) is 19.0. The van der Waals surface area contributed by atoms with Crippen molar-refractivity contribution in [3.63, 3.8) is 0 Å². The van der Waals surface area contributed by atoms with Crippen LogP contribution >= 0.6 is 0 Å². The molecule has 2 rings (SSSR count). The third kappa shape index (κ3) is 10.7. The van der Waals surface area contributed by atoms with Crippen molar-refractivity contribution >= 4 is 5.97 Å². The van der Waals surface area contributed by atoms with Gasteiger partial charge in [0.25, 0.3) is 0 Å². The lowest BCUT2D eigenvalue weighted by Gasteiger charge is -2.34. The lowest BCUT2D eigenvalue weighted by Crippen LogP contribution is -2.34. The van der Waals surface area contributed by atoms with Gasteiger partial charge < -0.3 is 14.6 Å². The number of para-hydroxylation sites is 1. The van der Waals surface area contributed by atoms with E-state index in [-0.39, 0.29) is 6.61 Å². The summed E-state index contributed by atoms with van der Waals surface area (Å²) in [7, 11) is 0. The molecular weight excluding hydrogens is 498 g/mol. The molecule has 220 valence electrons. The number of aliphatic carboxylic acids is 1. The van der Waals surface area contributed by atoms with Crippen LogP contribution < -0.4 is 4.74 Å². The summed E-state index contributed by atoms with van der Waals surface area (Å²) in [5.41, 5.74) is -1.48. The second kappa shape index (κ2) is 19.0. The summed E-state index contributed by atoms with van der Waals surface area (Å²) in [6, 6.07) is 6.95. The minimum atomic E-state index is -1.84. The highest BCUT2D eigenvalue weighted by Crippen LogP contribution is 2.47.